The Labute approximate surface area is 108 Å². The summed E-state index contributed by atoms with van der Waals surface area (Å²) >= 11 is 0. The molecular weight excluding hydrogens is 257 g/mol. The third-order valence-electron chi connectivity index (χ3n) is 2.67. The lowest BCUT2D eigenvalue weighted by Gasteiger charge is -2.07. The number of anilines is 1. The normalized spacial score (nSPS) is 11.3. The molecule has 2 rings (SSSR count). The van der Waals surface area contributed by atoms with Gasteiger partial charge in [0.2, 0.25) is 5.88 Å². The van der Waals surface area contributed by atoms with Crippen LogP contribution in [0.1, 0.15) is 19.4 Å². The van der Waals surface area contributed by atoms with Gasteiger partial charge in [-0.15, -0.1) is 0 Å². The fraction of sp³-hybridized carbons (Fsp3) is 0.308. The minimum Gasteiger partial charge on any atom is -0.367 e. The highest BCUT2D eigenvalue weighted by molar-refractivity contribution is 5.68. The zero-order chi connectivity index (χ0) is 14.2. The summed E-state index contributed by atoms with van der Waals surface area (Å²) in [6.45, 7) is 3.85. The maximum Gasteiger partial charge on any atom is 0.225 e. The van der Waals surface area contributed by atoms with E-state index in [1.54, 1.807) is 0 Å². The van der Waals surface area contributed by atoms with Crippen LogP contribution in [0.25, 0.3) is 11.3 Å². The summed E-state index contributed by atoms with van der Waals surface area (Å²) in [6, 6.07) is 1.20. The van der Waals surface area contributed by atoms with Crippen molar-refractivity contribution >= 4 is 5.88 Å². The van der Waals surface area contributed by atoms with Gasteiger partial charge < -0.3 is 10.3 Å². The zero-order valence-corrected chi connectivity index (χ0v) is 10.5. The highest BCUT2D eigenvalue weighted by Gasteiger charge is 2.23. The molecule has 0 atom stereocenters. The topological polar surface area (TPSA) is 52.0 Å². The average Bonchev–Trinajstić information content (AvgIpc) is 2.59. The van der Waals surface area contributed by atoms with E-state index in [9.17, 15) is 13.2 Å². The van der Waals surface area contributed by atoms with Gasteiger partial charge in [-0.3, -0.25) is 0 Å². The fourth-order valence-corrected chi connectivity index (χ4v) is 1.89. The van der Waals surface area contributed by atoms with Crippen LogP contribution in [0.3, 0.4) is 0 Å². The Bertz CT molecular complexity index is 585. The van der Waals surface area contributed by atoms with Gasteiger partial charge in [0, 0.05) is 17.7 Å². The summed E-state index contributed by atoms with van der Waals surface area (Å²) in [7, 11) is 0. The molecule has 0 amide bonds. The minimum absolute atomic E-state index is 0.0128. The van der Waals surface area contributed by atoms with Gasteiger partial charge in [0.25, 0.3) is 0 Å². The molecule has 0 aliphatic heterocycles. The molecule has 1 aromatic carbocycles. The Morgan fingerprint density at radius 2 is 1.79 bits per heavy atom. The first kappa shape index (κ1) is 13.5. The summed E-state index contributed by atoms with van der Waals surface area (Å²) in [6.07, 6.45) is 0.459. The van der Waals surface area contributed by atoms with Crippen LogP contribution in [0.4, 0.5) is 19.1 Å². The van der Waals surface area contributed by atoms with E-state index in [1.165, 1.54) is 0 Å². The van der Waals surface area contributed by atoms with Crippen LogP contribution in [0.15, 0.2) is 16.7 Å². The first-order valence-corrected chi connectivity index (χ1v) is 5.79. The maximum atomic E-state index is 13.7. The van der Waals surface area contributed by atoms with Crippen LogP contribution in [0.5, 0.6) is 0 Å². The van der Waals surface area contributed by atoms with E-state index in [1.807, 2.05) is 13.8 Å². The average molecular weight is 270 g/mol. The van der Waals surface area contributed by atoms with E-state index in [2.05, 4.69) is 5.16 Å². The molecule has 6 heteroatoms. The monoisotopic (exact) mass is 270 g/mol. The van der Waals surface area contributed by atoms with Crippen molar-refractivity contribution in [2.45, 2.75) is 20.3 Å². The lowest BCUT2D eigenvalue weighted by atomic mass is 9.98. The van der Waals surface area contributed by atoms with Gasteiger partial charge in [-0.2, -0.15) is 0 Å². The van der Waals surface area contributed by atoms with Crippen molar-refractivity contribution in [3.05, 3.63) is 35.1 Å². The van der Waals surface area contributed by atoms with E-state index in [0.29, 0.717) is 24.1 Å². The zero-order valence-electron chi connectivity index (χ0n) is 10.5. The quantitative estimate of drug-likeness (QED) is 0.928. The van der Waals surface area contributed by atoms with Crippen LogP contribution in [0, 0.1) is 23.4 Å². The molecule has 2 N–H and O–H groups in total. The molecule has 1 aromatic heterocycles. The highest BCUT2D eigenvalue weighted by atomic mass is 19.1. The molecule has 0 bridgehead atoms. The maximum absolute atomic E-state index is 13.7. The van der Waals surface area contributed by atoms with Gasteiger partial charge in [-0.05, 0) is 12.3 Å². The summed E-state index contributed by atoms with van der Waals surface area (Å²) in [5.41, 5.74) is 5.61. The highest BCUT2D eigenvalue weighted by Crippen LogP contribution is 2.33. The van der Waals surface area contributed by atoms with Crippen molar-refractivity contribution in [1.82, 2.24) is 5.16 Å². The van der Waals surface area contributed by atoms with Gasteiger partial charge in [-0.1, -0.05) is 19.0 Å². The predicted octanol–water partition coefficient (Wildman–Crippen LogP) is 3.54. The number of nitrogens with two attached hydrogens (primary N) is 1. The molecule has 0 aliphatic rings. The van der Waals surface area contributed by atoms with E-state index in [4.69, 9.17) is 10.3 Å². The Morgan fingerprint density at radius 1 is 1.21 bits per heavy atom. The molecule has 1 heterocycles. The van der Waals surface area contributed by atoms with Crippen molar-refractivity contribution in [2.24, 2.45) is 5.92 Å². The number of nitrogen functional groups attached to an aromatic ring is 1. The van der Waals surface area contributed by atoms with Gasteiger partial charge >= 0.3 is 0 Å². The Kier molecular flexibility index (Phi) is 3.50. The third kappa shape index (κ3) is 2.57. The molecule has 0 saturated carbocycles. The molecule has 0 aliphatic carbocycles. The van der Waals surface area contributed by atoms with Crippen LogP contribution >= 0.6 is 0 Å². The SMILES string of the molecule is CC(C)Cc1c(-c2c(F)cc(F)cc2F)noc1N. The number of nitrogens with zero attached hydrogens (tertiary/aromatic N) is 1. The molecule has 19 heavy (non-hydrogen) atoms. The number of aromatic nitrogens is 1. The standard InChI is InChI=1S/C13H13F3N2O/c1-6(2)3-8-12(18-19-13(8)17)11-9(15)4-7(14)5-10(11)16/h4-6H,3,17H2,1-2H3. The largest absolute Gasteiger partial charge is 0.367 e. The van der Waals surface area contributed by atoms with Gasteiger partial charge in [0.15, 0.2) is 0 Å². The van der Waals surface area contributed by atoms with Crippen LogP contribution in [-0.2, 0) is 6.42 Å². The number of rotatable bonds is 3. The van der Waals surface area contributed by atoms with Gasteiger partial charge in [0.05, 0.1) is 5.56 Å². The molecule has 0 radical (unpaired) electrons. The van der Waals surface area contributed by atoms with E-state index >= 15 is 0 Å². The number of halogens is 3. The van der Waals surface area contributed by atoms with Crippen LogP contribution in [-0.4, -0.2) is 5.16 Å². The number of hydrogen-bond acceptors (Lipinski definition) is 3. The number of benzene rings is 1. The molecule has 0 fully saturated rings. The van der Waals surface area contributed by atoms with E-state index in [-0.39, 0.29) is 17.5 Å². The molecule has 102 valence electrons. The van der Waals surface area contributed by atoms with Crippen molar-refractivity contribution < 1.29 is 17.7 Å². The molecular formula is C13H13F3N2O. The smallest absolute Gasteiger partial charge is 0.225 e. The Hall–Kier alpha value is -1.98. The van der Waals surface area contributed by atoms with Gasteiger partial charge in [-0.25, -0.2) is 13.2 Å². The van der Waals surface area contributed by atoms with Crippen molar-refractivity contribution in [3.63, 3.8) is 0 Å². The predicted molar refractivity (Wildman–Crippen MR) is 64.8 cm³/mol. The Morgan fingerprint density at radius 3 is 2.32 bits per heavy atom. The van der Waals surface area contributed by atoms with Crippen molar-refractivity contribution in [1.29, 1.82) is 0 Å². The van der Waals surface area contributed by atoms with E-state index < -0.39 is 23.0 Å². The first-order chi connectivity index (χ1) is 8.90. The Balaban J connectivity index is 2.60. The van der Waals surface area contributed by atoms with Gasteiger partial charge in [0.1, 0.15) is 23.1 Å². The van der Waals surface area contributed by atoms with Crippen molar-refractivity contribution in [2.75, 3.05) is 5.73 Å². The summed E-state index contributed by atoms with van der Waals surface area (Å²) in [5, 5.41) is 3.59. The first-order valence-electron chi connectivity index (χ1n) is 5.79. The number of hydrogen-bond donors (Lipinski definition) is 1. The van der Waals surface area contributed by atoms with Crippen molar-refractivity contribution in [3.8, 4) is 11.3 Å². The molecule has 3 nitrogen and oxygen atoms in total. The lowest BCUT2D eigenvalue weighted by Crippen LogP contribution is -2.01. The van der Waals surface area contributed by atoms with Crippen LogP contribution < -0.4 is 5.73 Å². The molecule has 0 unspecified atom stereocenters. The molecule has 2 aromatic rings. The fourth-order valence-electron chi connectivity index (χ4n) is 1.89. The molecule has 0 saturated heterocycles. The lowest BCUT2D eigenvalue weighted by molar-refractivity contribution is 0.436. The van der Waals surface area contributed by atoms with Crippen LogP contribution in [0.2, 0.25) is 0 Å². The second-order valence-electron chi connectivity index (χ2n) is 4.72. The summed E-state index contributed by atoms with van der Waals surface area (Å²) in [4.78, 5) is 0. The minimum atomic E-state index is -1.03. The second kappa shape index (κ2) is 4.95. The second-order valence-corrected chi connectivity index (χ2v) is 4.72. The molecule has 0 spiro atoms. The third-order valence-corrected chi connectivity index (χ3v) is 2.67. The summed E-state index contributed by atoms with van der Waals surface area (Å²) < 4.78 is 45.1. The summed E-state index contributed by atoms with van der Waals surface area (Å²) in [5.74, 6) is -2.83. The van der Waals surface area contributed by atoms with E-state index in [0.717, 1.165) is 0 Å².